The van der Waals surface area contributed by atoms with Crippen LogP contribution in [0.25, 0.3) is 0 Å². The molecule has 1 saturated heterocycles. The topological polar surface area (TPSA) is 108 Å². The lowest BCUT2D eigenvalue weighted by Gasteiger charge is -2.40. The highest BCUT2D eigenvalue weighted by molar-refractivity contribution is 6.02. The summed E-state index contributed by atoms with van der Waals surface area (Å²) in [5.41, 5.74) is 8.30. The van der Waals surface area contributed by atoms with E-state index < -0.39 is 6.09 Å². The van der Waals surface area contributed by atoms with Gasteiger partial charge in [0.25, 0.3) is 0 Å². The monoisotopic (exact) mass is 445 g/mol. The minimum absolute atomic E-state index is 0.0439. The predicted molar refractivity (Wildman–Crippen MR) is 124 cm³/mol. The largest absolute Gasteiger partial charge is 0.446 e. The van der Waals surface area contributed by atoms with Crippen molar-refractivity contribution < 1.29 is 19.1 Å². The Balaban J connectivity index is 1.82. The lowest BCUT2D eigenvalue weighted by molar-refractivity contribution is -0.133. The fraction of sp³-hybridized carbons (Fsp3) is 0.609. The fourth-order valence-electron chi connectivity index (χ4n) is 4.18. The molecule has 1 fully saturated rings. The Bertz CT molecular complexity index is 855. The second kappa shape index (κ2) is 10.3. The third-order valence-electron chi connectivity index (χ3n) is 5.97. The molecule has 0 saturated carbocycles. The predicted octanol–water partition coefficient (Wildman–Crippen LogP) is 1.66. The van der Waals surface area contributed by atoms with E-state index in [1.165, 1.54) is 6.92 Å². The van der Waals surface area contributed by atoms with Crippen molar-refractivity contribution in [1.82, 2.24) is 10.2 Å². The lowest BCUT2D eigenvalue weighted by Crippen LogP contribution is -2.51. The number of nitrogens with one attached hydrogen (secondary N) is 1. The Kier molecular flexibility index (Phi) is 7.73. The number of carbonyl (C=O) groups is 3. The second-order valence-electron chi connectivity index (χ2n) is 8.83. The number of carbonyl (C=O) groups excluding carboxylic acids is 3. The number of hydrogen-bond acceptors (Lipinski definition) is 6. The molecule has 0 aromatic heterocycles. The van der Waals surface area contributed by atoms with Crippen LogP contribution in [-0.4, -0.2) is 74.2 Å². The summed E-state index contributed by atoms with van der Waals surface area (Å²) >= 11 is 0. The van der Waals surface area contributed by atoms with Gasteiger partial charge in [-0.25, -0.2) is 4.79 Å². The molecule has 2 aliphatic rings. The smallest absolute Gasteiger partial charge is 0.414 e. The van der Waals surface area contributed by atoms with Crippen LogP contribution >= 0.6 is 0 Å². The molecule has 0 bridgehead atoms. The van der Waals surface area contributed by atoms with E-state index >= 15 is 0 Å². The standard InChI is InChI=1S/C23H35N5O4/c1-15(2)32-23(31)27-14-16(3)28(17(4)29)20-7-6-18(10-21(20)27)19(11-24)12-25-13-22(30)26-8-5-9-26/h6-7,10,15-16,19,25H,5,8-9,11-14,24H2,1-4H3/t16-,19?/m0/s1. The molecule has 2 aliphatic heterocycles. The zero-order valence-electron chi connectivity index (χ0n) is 19.5. The molecule has 1 aromatic rings. The van der Waals surface area contributed by atoms with Gasteiger partial charge in [-0.2, -0.15) is 0 Å². The van der Waals surface area contributed by atoms with Gasteiger partial charge in [0.05, 0.1) is 30.1 Å². The number of amides is 3. The highest BCUT2D eigenvalue weighted by Gasteiger charge is 2.35. The summed E-state index contributed by atoms with van der Waals surface area (Å²) in [6.07, 6.45) is 0.383. The van der Waals surface area contributed by atoms with E-state index in [9.17, 15) is 14.4 Å². The van der Waals surface area contributed by atoms with Crippen molar-refractivity contribution in [1.29, 1.82) is 0 Å². The van der Waals surface area contributed by atoms with Crippen molar-refractivity contribution in [2.75, 3.05) is 49.1 Å². The molecular weight excluding hydrogens is 410 g/mol. The number of nitrogens with zero attached hydrogens (tertiary/aromatic N) is 3. The van der Waals surface area contributed by atoms with Crippen LogP contribution in [0, 0.1) is 0 Å². The minimum atomic E-state index is -0.434. The molecule has 32 heavy (non-hydrogen) atoms. The molecule has 0 aliphatic carbocycles. The summed E-state index contributed by atoms with van der Waals surface area (Å²) in [6, 6.07) is 5.54. The van der Waals surface area contributed by atoms with Crippen molar-refractivity contribution in [2.24, 2.45) is 5.73 Å². The summed E-state index contributed by atoms with van der Waals surface area (Å²) in [7, 11) is 0. The van der Waals surface area contributed by atoms with Gasteiger partial charge in [0, 0.05) is 45.6 Å². The summed E-state index contributed by atoms with van der Waals surface area (Å²) in [6.45, 7) is 10.3. The molecule has 3 amide bonds. The van der Waals surface area contributed by atoms with E-state index in [2.05, 4.69) is 5.32 Å². The molecule has 3 rings (SSSR count). The SMILES string of the molecule is CC(=O)N1c2ccc(C(CN)CNCC(=O)N3CCC3)cc2N(C(=O)OC(C)C)C[C@@H]1C. The van der Waals surface area contributed by atoms with Crippen molar-refractivity contribution in [3.8, 4) is 0 Å². The summed E-state index contributed by atoms with van der Waals surface area (Å²) in [5, 5.41) is 3.22. The Hall–Kier alpha value is -2.65. The number of nitrogens with two attached hydrogens (primary N) is 1. The van der Waals surface area contributed by atoms with E-state index in [0.29, 0.717) is 31.0 Å². The number of benzene rings is 1. The summed E-state index contributed by atoms with van der Waals surface area (Å²) in [5.74, 6) is -0.0198. The van der Waals surface area contributed by atoms with E-state index in [1.54, 1.807) is 9.80 Å². The van der Waals surface area contributed by atoms with Crippen LogP contribution in [0.2, 0.25) is 0 Å². The van der Waals surface area contributed by atoms with Gasteiger partial charge in [0.1, 0.15) is 0 Å². The van der Waals surface area contributed by atoms with Crippen molar-refractivity contribution in [3.63, 3.8) is 0 Å². The van der Waals surface area contributed by atoms with Gasteiger partial charge in [0.15, 0.2) is 0 Å². The van der Waals surface area contributed by atoms with Crippen LogP contribution in [0.15, 0.2) is 18.2 Å². The molecular formula is C23H35N5O4. The van der Waals surface area contributed by atoms with Crippen LogP contribution in [0.4, 0.5) is 16.2 Å². The molecule has 2 heterocycles. The second-order valence-corrected chi connectivity index (χ2v) is 8.83. The highest BCUT2D eigenvalue weighted by Crippen LogP contribution is 2.38. The van der Waals surface area contributed by atoms with Crippen LogP contribution in [0.1, 0.15) is 45.6 Å². The van der Waals surface area contributed by atoms with Crippen LogP contribution < -0.4 is 20.9 Å². The molecule has 0 spiro atoms. The van der Waals surface area contributed by atoms with Crippen LogP contribution in [0.3, 0.4) is 0 Å². The third-order valence-corrected chi connectivity index (χ3v) is 5.97. The Morgan fingerprint density at radius 2 is 1.94 bits per heavy atom. The Labute approximate surface area is 189 Å². The first-order chi connectivity index (χ1) is 15.2. The maximum absolute atomic E-state index is 12.8. The van der Waals surface area contributed by atoms with Gasteiger partial charge in [0.2, 0.25) is 11.8 Å². The molecule has 1 aromatic carbocycles. The van der Waals surface area contributed by atoms with Gasteiger partial charge < -0.3 is 25.6 Å². The molecule has 176 valence electrons. The van der Waals surface area contributed by atoms with Crippen molar-refractivity contribution in [2.45, 2.75) is 52.2 Å². The van der Waals surface area contributed by atoms with Crippen LogP contribution in [0.5, 0.6) is 0 Å². The number of fused-ring (bicyclic) bond motifs is 1. The highest BCUT2D eigenvalue weighted by atomic mass is 16.6. The van der Waals surface area contributed by atoms with E-state index in [0.717, 1.165) is 25.1 Å². The molecule has 1 unspecified atom stereocenters. The Morgan fingerprint density at radius 3 is 2.50 bits per heavy atom. The van der Waals surface area contributed by atoms with Gasteiger partial charge in [-0.3, -0.25) is 14.5 Å². The molecule has 2 atom stereocenters. The number of likely N-dealkylation sites (tertiary alicyclic amines) is 1. The molecule has 9 heteroatoms. The number of rotatable bonds is 7. The average Bonchev–Trinajstić information content (AvgIpc) is 2.68. The van der Waals surface area contributed by atoms with Gasteiger partial charge in [-0.1, -0.05) is 6.07 Å². The van der Waals surface area contributed by atoms with Gasteiger partial charge in [-0.05, 0) is 44.9 Å². The maximum Gasteiger partial charge on any atom is 0.414 e. The number of ether oxygens (including phenoxy) is 1. The fourth-order valence-corrected chi connectivity index (χ4v) is 4.18. The first kappa shape index (κ1) is 24.0. The summed E-state index contributed by atoms with van der Waals surface area (Å²) < 4.78 is 5.45. The third kappa shape index (κ3) is 5.21. The summed E-state index contributed by atoms with van der Waals surface area (Å²) in [4.78, 5) is 42.4. The average molecular weight is 446 g/mol. The van der Waals surface area contributed by atoms with Crippen LogP contribution in [-0.2, 0) is 14.3 Å². The minimum Gasteiger partial charge on any atom is -0.446 e. The number of anilines is 2. The van der Waals surface area contributed by atoms with Crippen molar-refractivity contribution >= 4 is 29.3 Å². The van der Waals surface area contributed by atoms with E-state index in [1.807, 2.05) is 43.9 Å². The zero-order valence-corrected chi connectivity index (χ0v) is 19.5. The first-order valence-corrected chi connectivity index (χ1v) is 11.3. The van der Waals surface area contributed by atoms with E-state index in [-0.39, 0.29) is 36.4 Å². The maximum atomic E-state index is 12.8. The van der Waals surface area contributed by atoms with Crippen molar-refractivity contribution in [3.05, 3.63) is 23.8 Å². The number of hydrogen-bond donors (Lipinski definition) is 2. The van der Waals surface area contributed by atoms with Gasteiger partial charge in [-0.15, -0.1) is 0 Å². The Morgan fingerprint density at radius 1 is 1.22 bits per heavy atom. The normalized spacial score (nSPS) is 18.8. The van der Waals surface area contributed by atoms with E-state index in [4.69, 9.17) is 10.5 Å². The molecule has 9 nitrogen and oxygen atoms in total. The zero-order chi connectivity index (χ0) is 23.4. The first-order valence-electron chi connectivity index (χ1n) is 11.3. The molecule has 0 radical (unpaired) electrons. The molecule has 3 N–H and O–H groups in total. The lowest BCUT2D eigenvalue weighted by atomic mass is 9.96. The quantitative estimate of drug-likeness (QED) is 0.661. The van der Waals surface area contributed by atoms with Gasteiger partial charge >= 0.3 is 6.09 Å².